The van der Waals surface area contributed by atoms with Crippen molar-refractivity contribution < 1.29 is 5.11 Å². The largest absolute Gasteiger partial charge is 0.390 e. The van der Waals surface area contributed by atoms with Crippen molar-refractivity contribution in [3.8, 4) is 0 Å². The highest BCUT2D eigenvalue weighted by molar-refractivity contribution is 6.18. The van der Waals surface area contributed by atoms with Crippen LogP contribution >= 0.6 is 11.6 Å². The first-order valence-corrected chi connectivity index (χ1v) is 7.11. The zero-order chi connectivity index (χ0) is 13.7. The Morgan fingerprint density at radius 3 is 2.00 bits per heavy atom. The second-order valence-corrected chi connectivity index (χ2v) is 5.62. The van der Waals surface area contributed by atoms with E-state index >= 15 is 0 Å². The molecule has 0 saturated heterocycles. The number of hydrogen-bond donors (Lipinski definition) is 2. The summed E-state index contributed by atoms with van der Waals surface area (Å²) in [6, 6.07) is 6.39. The fraction of sp³-hybridized carbons (Fsp3) is 0.600. The standard InChI is InChI=1S/C15H24ClNO/c1-10(2)13-6-5-7-14(11(3)4)15(13)17-9-12(18)8-16/h5-7,10-12,17-18H,8-9H2,1-4H3. The van der Waals surface area contributed by atoms with Crippen LogP contribution in [0.3, 0.4) is 0 Å². The molecule has 0 aliphatic carbocycles. The Kier molecular flexibility index (Phi) is 5.97. The van der Waals surface area contributed by atoms with Gasteiger partial charge in [-0.05, 0) is 23.0 Å². The predicted molar refractivity (Wildman–Crippen MR) is 79.8 cm³/mol. The van der Waals surface area contributed by atoms with Crippen LogP contribution in [0.5, 0.6) is 0 Å². The minimum Gasteiger partial charge on any atom is -0.390 e. The lowest BCUT2D eigenvalue weighted by atomic mass is 9.92. The summed E-state index contributed by atoms with van der Waals surface area (Å²) in [5.41, 5.74) is 3.75. The van der Waals surface area contributed by atoms with Gasteiger partial charge in [0.05, 0.1) is 12.0 Å². The second-order valence-electron chi connectivity index (χ2n) is 5.31. The van der Waals surface area contributed by atoms with E-state index in [2.05, 4.69) is 51.2 Å². The molecule has 2 nitrogen and oxygen atoms in total. The van der Waals surface area contributed by atoms with E-state index in [9.17, 15) is 5.11 Å². The smallest absolute Gasteiger partial charge is 0.0847 e. The molecule has 0 aliphatic rings. The zero-order valence-corrected chi connectivity index (χ0v) is 12.5. The van der Waals surface area contributed by atoms with Crippen LogP contribution in [0.15, 0.2) is 18.2 Å². The van der Waals surface area contributed by atoms with Gasteiger partial charge in [0.15, 0.2) is 0 Å². The van der Waals surface area contributed by atoms with Crippen molar-refractivity contribution in [2.24, 2.45) is 0 Å². The molecule has 1 aromatic rings. The van der Waals surface area contributed by atoms with Gasteiger partial charge in [0, 0.05) is 12.2 Å². The van der Waals surface area contributed by atoms with E-state index in [1.807, 2.05) is 0 Å². The first kappa shape index (κ1) is 15.3. The molecule has 0 aromatic heterocycles. The molecule has 1 aromatic carbocycles. The van der Waals surface area contributed by atoms with E-state index in [1.54, 1.807) is 0 Å². The van der Waals surface area contributed by atoms with E-state index in [0.29, 0.717) is 18.4 Å². The highest BCUT2D eigenvalue weighted by Crippen LogP contribution is 2.32. The molecular formula is C15H24ClNO. The van der Waals surface area contributed by atoms with Gasteiger partial charge in [0.25, 0.3) is 0 Å². The van der Waals surface area contributed by atoms with Crippen LogP contribution in [-0.4, -0.2) is 23.6 Å². The van der Waals surface area contributed by atoms with Crippen molar-refractivity contribution in [2.75, 3.05) is 17.7 Å². The SMILES string of the molecule is CC(C)c1cccc(C(C)C)c1NCC(O)CCl. The number of nitrogens with one attached hydrogen (secondary N) is 1. The second kappa shape index (κ2) is 7.01. The van der Waals surface area contributed by atoms with E-state index in [0.717, 1.165) is 5.69 Å². The molecule has 0 heterocycles. The van der Waals surface area contributed by atoms with Crippen LogP contribution in [0, 0.1) is 0 Å². The van der Waals surface area contributed by atoms with Gasteiger partial charge in [-0.15, -0.1) is 11.6 Å². The molecule has 0 radical (unpaired) electrons. The topological polar surface area (TPSA) is 32.3 Å². The zero-order valence-electron chi connectivity index (χ0n) is 11.7. The minimum atomic E-state index is -0.508. The van der Waals surface area contributed by atoms with Gasteiger partial charge in [0.2, 0.25) is 0 Å². The van der Waals surface area contributed by atoms with E-state index < -0.39 is 6.10 Å². The molecule has 1 rings (SSSR count). The van der Waals surface area contributed by atoms with E-state index in [1.165, 1.54) is 11.1 Å². The first-order valence-electron chi connectivity index (χ1n) is 6.58. The third-order valence-corrected chi connectivity index (χ3v) is 3.42. The van der Waals surface area contributed by atoms with Crippen molar-refractivity contribution in [1.29, 1.82) is 0 Å². The fourth-order valence-corrected chi connectivity index (χ4v) is 2.14. The van der Waals surface area contributed by atoms with Crippen molar-refractivity contribution in [2.45, 2.75) is 45.6 Å². The number of halogens is 1. The third-order valence-electron chi connectivity index (χ3n) is 3.07. The van der Waals surface area contributed by atoms with Crippen molar-refractivity contribution >= 4 is 17.3 Å². The quantitative estimate of drug-likeness (QED) is 0.767. The Labute approximate surface area is 115 Å². The van der Waals surface area contributed by atoms with Crippen molar-refractivity contribution in [1.82, 2.24) is 0 Å². The summed E-state index contributed by atoms with van der Waals surface area (Å²) in [4.78, 5) is 0. The Hall–Kier alpha value is -0.730. The number of aliphatic hydroxyl groups excluding tert-OH is 1. The van der Waals surface area contributed by atoms with Crippen LogP contribution in [0.25, 0.3) is 0 Å². The highest BCUT2D eigenvalue weighted by atomic mass is 35.5. The van der Waals surface area contributed by atoms with Gasteiger partial charge < -0.3 is 10.4 Å². The van der Waals surface area contributed by atoms with Crippen molar-refractivity contribution in [3.05, 3.63) is 29.3 Å². The molecule has 18 heavy (non-hydrogen) atoms. The monoisotopic (exact) mass is 269 g/mol. The summed E-state index contributed by atoms with van der Waals surface area (Å²) in [6.45, 7) is 9.23. The number of anilines is 1. The number of hydrogen-bond acceptors (Lipinski definition) is 2. The summed E-state index contributed by atoms with van der Waals surface area (Å²) in [5, 5.41) is 12.9. The number of alkyl halides is 1. The maximum absolute atomic E-state index is 9.58. The summed E-state index contributed by atoms with van der Waals surface area (Å²) >= 11 is 5.63. The predicted octanol–water partition coefficient (Wildman–Crippen LogP) is 3.95. The molecule has 2 N–H and O–H groups in total. The lowest BCUT2D eigenvalue weighted by Crippen LogP contribution is -2.22. The summed E-state index contributed by atoms with van der Waals surface area (Å²) in [7, 11) is 0. The third kappa shape index (κ3) is 3.89. The van der Waals surface area contributed by atoms with Gasteiger partial charge in [0.1, 0.15) is 0 Å². The molecule has 0 fully saturated rings. The molecule has 3 heteroatoms. The first-order chi connectivity index (χ1) is 8.47. The molecule has 102 valence electrons. The molecule has 1 unspecified atom stereocenters. The average Bonchev–Trinajstić information content (AvgIpc) is 2.34. The maximum atomic E-state index is 9.58. The number of para-hydroxylation sites is 1. The van der Waals surface area contributed by atoms with Gasteiger partial charge in [-0.1, -0.05) is 45.9 Å². The molecule has 1 atom stereocenters. The maximum Gasteiger partial charge on any atom is 0.0847 e. The lowest BCUT2D eigenvalue weighted by Gasteiger charge is -2.21. The Balaban J connectivity index is 3.03. The summed E-state index contributed by atoms with van der Waals surface area (Å²) < 4.78 is 0. The van der Waals surface area contributed by atoms with Crippen molar-refractivity contribution in [3.63, 3.8) is 0 Å². The van der Waals surface area contributed by atoms with Gasteiger partial charge in [-0.2, -0.15) is 0 Å². The Morgan fingerprint density at radius 2 is 1.61 bits per heavy atom. The van der Waals surface area contributed by atoms with Gasteiger partial charge in [-0.25, -0.2) is 0 Å². The van der Waals surface area contributed by atoms with E-state index in [-0.39, 0.29) is 5.88 Å². The average molecular weight is 270 g/mol. The molecule has 0 bridgehead atoms. The molecule has 0 amide bonds. The highest BCUT2D eigenvalue weighted by Gasteiger charge is 2.14. The molecule has 0 spiro atoms. The number of rotatable bonds is 6. The van der Waals surface area contributed by atoms with Gasteiger partial charge >= 0.3 is 0 Å². The molecular weight excluding hydrogens is 246 g/mol. The molecule has 0 aliphatic heterocycles. The Morgan fingerprint density at radius 1 is 1.11 bits per heavy atom. The fourth-order valence-electron chi connectivity index (χ4n) is 2.03. The summed E-state index contributed by atoms with van der Waals surface area (Å²) in [6.07, 6.45) is -0.508. The van der Waals surface area contributed by atoms with Crippen LogP contribution in [-0.2, 0) is 0 Å². The number of benzene rings is 1. The Bertz CT molecular complexity index is 351. The lowest BCUT2D eigenvalue weighted by molar-refractivity contribution is 0.211. The molecule has 0 saturated carbocycles. The summed E-state index contributed by atoms with van der Waals surface area (Å²) in [5.74, 6) is 1.17. The minimum absolute atomic E-state index is 0.258. The van der Waals surface area contributed by atoms with Crippen LogP contribution in [0.4, 0.5) is 5.69 Å². The van der Waals surface area contributed by atoms with Gasteiger partial charge in [-0.3, -0.25) is 0 Å². The van der Waals surface area contributed by atoms with Crippen LogP contribution < -0.4 is 5.32 Å². The van der Waals surface area contributed by atoms with Crippen LogP contribution in [0.2, 0.25) is 0 Å². The normalized spacial score (nSPS) is 13.1. The van der Waals surface area contributed by atoms with E-state index in [4.69, 9.17) is 11.6 Å². The number of aliphatic hydroxyl groups is 1. The van der Waals surface area contributed by atoms with Crippen LogP contribution in [0.1, 0.15) is 50.7 Å².